The summed E-state index contributed by atoms with van der Waals surface area (Å²) in [6.07, 6.45) is 17.7. The summed E-state index contributed by atoms with van der Waals surface area (Å²) in [5.41, 5.74) is 3.01. The highest BCUT2D eigenvalue weighted by Crippen LogP contribution is 2.65. The minimum atomic E-state index is -0.578. The molecule has 7 atom stereocenters. The Morgan fingerprint density at radius 1 is 0.945 bits per heavy atom. The number of fused-ring (bicyclic) bond motifs is 6. The van der Waals surface area contributed by atoms with Crippen molar-refractivity contribution in [3.63, 3.8) is 0 Å². The molecule has 1 aromatic heterocycles. The molecule has 5 aliphatic rings. The van der Waals surface area contributed by atoms with E-state index in [1.54, 1.807) is 29.2 Å². The van der Waals surface area contributed by atoms with Crippen LogP contribution in [0.2, 0.25) is 0 Å². The van der Waals surface area contributed by atoms with Crippen LogP contribution >= 0.6 is 0 Å². The van der Waals surface area contributed by atoms with Gasteiger partial charge in [-0.25, -0.2) is 9.49 Å². The third-order valence-electron chi connectivity index (χ3n) is 14.7. The Kier molecular flexibility index (Phi) is 10.6. The molecule has 0 bridgehead atoms. The largest absolute Gasteiger partial charge is 0.378 e. The van der Waals surface area contributed by atoms with Crippen LogP contribution in [0.25, 0.3) is 10.8 Å². The summed E-state index contributed by atoms with van der Waals surface area (Å²) in [6, 6.07) is 11.8. The van der Waals surface area contributed by atoms with Gasteiger partial charge >= 0.3 is 0 Å². The molecule has 0 unspecified atom stereocenters. The van der Waals surface area contributed by atoms with Crippen molar-refractivity contribution in [1.82, 2.24) is 20.0 Å². The second kappa shape index (κ2) is 15.4. The maximum absolute atomic E-state index is 15.0. The number of carbonyl (C=O) groups is 2. The topological polar surface area (TPSA) is 95.6 Å². The number of rotatable bonds is 10. The van der Waals surface area contributed by atoms with Crippen LogP contribution in [0.3, 0.4) is 0 Å². The van der Waals surface area contributed by atoms with Gasteiger partial charge in [0.05, 0.1) is 22.7 Å². The fourth-order valence-corrected chi connectivity index (χ4v) is 11.6. The molecule has 55 heavy (non-hydrogen) atoms. The number of nitrogens with zero attached hydrogens (tertiary/aromatic N) is 3. The molecule has 0 radical (unpaired) electrons. The first-order chi connectivity index (χ1) is 26.5. The van der Waals surface area contributed by atoms with Crippen LogP contribution in [0.4, 0.5) is 4.39 Å². The van der Waals surface area contributed by atoms with Crippen molar-refractivity contribution >= 4 is 22.6 Å². The van der Waals surface area contributed by atoms with Crippen LogP contribution in [-0.4, -0.2) is 70.7 Å². The van der Waals surface area contributed by atoms with Crippen molar-refractivity contribution in [2.75, 3.05) is 32.8 Å². The zero-order valence-corrected chi connectivity index (χ0v) is 32.7. The van der Waals surface area contributed by atoms with E-state index in [0.717, 1.165) is 60.5 Å². The summed E-state index contributed by atoms with van der Waals surface area (Å²) in [6.45, 7) is 11.7. The van der Waals surface area contributed by atoms with Crippen molar-refractivity contribution in [2.45, 2.75) is 97.0 Å². The third kappa shape index (κ3) is 7.22. The molecular weight excluding hydrogens is 692 g/mol. The maximum atomic E-state index is 15.0. The molecule has 8 rings (SSSR count). The van der Waals surface area contributed by atoms with Gasteiger partial charge in [0.15, 0.2) is 0 Å². The van der Waals surface area contributed by atoms with Gasteiger partial charge < -0.3 is 14.5 Å². The molecule has 8 nitrogen and oxygen atoms in total. The third-order valence-corrected chi connectivity index (χ3v) is 14.7. The Hall–Kier alpha value is -4.11. The van der Waals surface area contributed by atoms with Crippen molar-refractivity contribution in [3.05, 3.63) is 99.8 Å². The first-order valence-corrected chi connectivity index (χ1v) is 20.9. The summed E-state index contributed by atoms with van der Waals surface area (Å²) >= 11 is 0. The zero-order chi connectivity index (χ0) is 38.3. The first kappa shape index (κ1) is 37.8. The molecular formula is C46H57FN4O4. The maximum Gasteiger partial charge on any atom is 0.272 e. The number of piperazine rings is 1. The van der Waals surface area contributed by atoms with Crippen molar-refractivity contribution in [2.24, 2.45) is 34.5 Å². The number of H-pyrrole nitrogens is 1. The normalized spacial score (nSPS) is 30.2. The van der Waals surface area contributed by atoms with E-state index in [1.807, 2.05) is 17.0 Å². The predicted molar refractivity (Wildman–Crippen MR) is 213 cm³/mol. The van der Waals surface area contributed by atoms with Crippen LogP contribution in [0.5, 0.6) is 0 Å². The minimum Gasteiger partial charge on any atom is -0.378 e. The summed E-state index contributed by atoms with van der Waals surface area (Å²) in [5, 5.41) is 8.03. The molecule has 1 N–H and O–H groups in total. The molecule has 4 fully saturated rings. The smallest absolute Gasteiger partial charge is 0.272 e. The SMILES string of the molecule is C=C1C=C[C@@]2(C)[C@@H](CC[C@@H]3[C@@H]2CC[C@]2(C)[C@@H](OCCCCCC(=O)N4CCN(C(=O)c5cc(Cc6n[nH]c(=O)c7ccccc67)ccc5F)CC4)CC[C@@H]32)C1. The molecule has 2 amide bonds. The van der Waals surface area contributed by atoms with Gasteiger partial charge in [0.2, 0.25) is 5.91 Å². The molecule has 2 aromatic carbocycles. The predicted octanol–water partition coefficient (Wildman–Crippen LogP) is 8.26. The van der Waals surface area contributed by atoms with Crippen LogP contribution in [0.15, 0.2) is 71.6 Å². The summed E-state index contributed by atoms with van der Waals surface area (Å²) in [7, 11) is 0. The molecule has 292 valence electrons. The Morgan fingerprint density at radius 2 is 1.73 bits per heavy atom. The monoisotopic (exact) mass is 748 g/mol. The van der Waals surface area contributed by atoms with E-state index in [2.05, 4.69) is 42.8 Å². The van der Waals surface area contributed by atoms with E-state index in [1.165, 1.54) is 56.6 Å². The lowest BCUT2D eigenvalue weighted by Crippen LogP contribution is -2.52. The highest BCUT2D eigenvalue weighted by Gasteiger charge is 2.59. The molecule has 3 aromatic rings. The molecule has 9 heteroatoms. The van der Waals surface area contributed by atoms with E-state index < -0.39 is 5.82 Å². The number of hydrogen-bond acceptors (Lipinski definition) is 5. The van der Waals surface area contributed by atoms with Crippen LogP contribution in [0.1, 0.15) is 106 Å². The lowest BCUT2D eigenvalue weighted by Gasteiger charge is -2.59. The highest BCUT2D eigenvalue weighted by molar-refractivity contribution is 5.95. The Balaban J connectivity index is 0.764. The van der Waals surface area contributed by atoms with Gasteiger partial charge in [0.1, 0.15) is 5.82 Å². The molecule has 0 spiro atoms. The van der Waals surface area contributed by atoms with Crippen LogP contribution in [0, 0.1) is 40.3 Å². The van der Waals surface area contributed by atoms with Gasteiger partial charge in [0, 0.05) is 51.0 Å². The van der Waals surface area contributed by atoms with Gasteiger partial charge in [-0.05, 0) is 116 Å². The van der Waals surface area contributed by atoms with Crippen LogP contribution in [-0.2, 0) is 16.0 Å². The lowest BCUT2D eigenvalue weighted by molar-refractivity contribution is -0.132. The average Bonchev–Trinajstić information content (AvgIpc) is 3.54. The summed E-state index contributed by atoms with van der Waals surface area (Å²) in [5.74, 6) is 2.27. The Bertz CT molecular complexity index is 2040. The van der Waals surface area contributed by atoms with Crippen molar-refractivity contribution in [1.29, 1.82) is 0 Å². The minimum absolute atomic E-state index is 0.00767. The molecule has 1 saturated heterocycles. The number of unbranched alkanes of at least 4 members (excludes halogenated alkanes) is 2. The van der Waals surface area contributed by atoms with Gasteiger partial charge in [0.25, 0.3) is 11.5 Å². The number of aromatic amines is 1. The van der Waals surface area contributed by atoms with E-state index >= 15 is 0 Å². The fourth-order valence-electron chi connectivity index (χ4n) is 11.6. The Labute approximate surface area is 324 Å². The highest BCUT2D eigenvalue weighted by atomic mass is 19.1. The number of carbonyl (C=O) groups excluding carboxylic acids is 2. The number of halogens is 1. The van der Waals surface area contributed by atoms with Gasteiger partial charge in [-0.1, -0.05) is 68.8 Å². The van der Waals surface area contributed by atoms with Crippen molar-refractivity contribution < 1.29 is 18.7 Å². The van der Waals surface area contributed by atoms with E-state index in [-0.39, 0.29) is 28.4 Å². The quantitative estimate of drug-likeness (QED) is 0.211. The first-order valence-electron chi connectivity index (χ1n) is 20.9. The number of nitrogens with one attached hydrogen (secondary N) is 1. The number of amides is 2. The van der Waals surface area contributed by atoms with Gasteiger partial charge in [-0.15, -0.1) is 0 Å². The second-order valence-corrected chi connectivity index (χ2v) is 17.7. The number of allylic oxidation sites excluding steroid dienone is 3. The fraction of sp³-hybridized carbons (Fsp3) is 0.565. The molecule has 4 aliphatic carbocycles. The zero-order valence-electron chi connectivity index (χ0n) is 32.7. The number of aromatic nitrogens is 2. The van der Waals surface area contributed by atoms with Crippen molar-refractivity contribution in [3.8, 4) is 0 Å². The van der Waals surface area contributed by atoms with Gasteiger partial charge in [-0.3, -0.25) is 14.4 Å². The second-order valence-electron chi connectivity index (χ2n) is 17.7. The molecule has 1 aliphatic heterocycles. The summed E-state index contributed by atoms with van der Waals surface area (Å²) < 4.78 is 21.6. The van der Waals surface area contributed by atoms with Gasteiger partial charge in [-0.2, -0.15) is 5.10 Å². The number of ether oxygens (including phenoxy) is 1. The molecule has 2 heterocycles. The average molecular weight is 749 g/mol. The van der Waals surface area contributed by atoms with E-state index in [0.29, 0.717) is 61.6 Å². The number of hydrogen-bond donors (Lipinski definition) is 1. The number of benzene rings is 2. The van der Waals surface area contributed by atoms with E-state index in [4.69, 9.17) is 4.74 Å². The summed E-state index contributed by atoms with van der Waals surface area (Å²) in [4.78, 5) is 42.2. The Morgan fingerprint density at radius 3 is 2.55 bits per heavy atom. The lowest BCUT2D eigenvalue weighted by atomic mass is 9.46. The standard InChI is InChI=1S/C46H57FN4O4/c1-30-18-20-45(2)32(27-30)13-14-35-37-15-17-41(46(37,3)21-19-38(35)45)55-26-8-4-5-11-42(52)50-22-24-51(25-23-50)44(54)36-28-31(12-16-39(36)47)29-40-33-9-6-7-10-34(33)43(53)49-48-40/h6-7,9-10,12,16,18,20,28,32,35,37-38,41H,1,4-5,8,11,13-15,17,19,21-27,29H2,2-3H3,(H,49,53)/t32-,35-,37-,38-,41-,45-,46-/m0/s1. The molecule has 3 saturated carbocycles. The van der Waals surface area contributed by atoms with Crippen LogP contribution < -0.4 is 5.56 Å². The van der Waals surface area contributed by atoms with E-state index in [9.17, 15) is 18.8 Å².